The van der Waals surface area contributed by atoms with Gasteiger partial charge in [0.15, 0.2) is 0 Å². The van der Waals surface area contributed by atoms with Crippen LogP contribution in [0.1, 0.15) is 47.0 Å². The second-order valence-electron chi connectivity index (χ2n) is 6.34. The maximum Gasteiger partial charge on any atom is 0.225 e. The van der Waals surface area contributed by atoms with Crippen molar-refractivity contribution < 1.29 is 14.7 Å². The van der Waals surface area contributed by atoms with E-state index in [1.165, 1.54) is 0 Å². The number of aliphatic hydroxyl groups is 1. The predicted octanol–water partition coefficient (Wildman–Crippen LogP) is 1.16. The van der Waals surface area contributed by atoms with E-state index in [4.69, 9.17) is 0 Å². The van der Waals surface area contributed by atoms with Gasteiger partial charge in [-0.1, -0.05) is 20.8 Å². The molecular formula is C15H28N2O3. The number of nitrogens with one attached hydrogen (secondary N) is 1. The SMILES string of the molecule is CCC(C)(CO)NC(=O)C1CCCN(C(=O)C(C)C)C1. The van der Waals surface area contributed by atoms with Crippen molar-refractivity contribution in [2.75, 3.05) is 19.7 Å². The molecule has 2 unspecified atom stereocenters. The summed E-state index contributed by atoms with van der Waals surface area (Å²) in [6.45, 7) is 8.70. The summed E-state index contributed by atoms with van der Waals surface area (Å²) in [5, 5.41) is 12.3. The van der Waals surface area contributed by atoms with Gasteiger partial charge in [-0.3, -0.25) is 9.59 Å². The second kappa shape index (κ2) is 7.07. The van der Waals surface area contributed by atoms with Crippen LogP contribution in [0.4, 0.5) is 0 Å². The highest BCUT2D eigenvalue weighted by molar-refractivity contribution is 5.82. The van der Waals surface area contributed by atoms with E-state index in [0.717, 1.165) is 19.4 Å². The van der Waals surface area contributed by atoms with Gasteiger partial charge in [0.05, 0.1) is 18.1 Å². The first-order valence-corrected chi connectivity index (χ1v) is 7.54. The van der Waals surface area contributed by atoms with E-state index < -0.39 is 5.54 Å². The molecule has 5 nitrogen and oxygen atoms in total. The van der Waals surface area contributed by atoms with Crippen LogP contribution in [-0.2, 0) is 9.59 Å². The summed E-state index contributed by atoms with van der Waals surface area (Å²) in [4.78, 5) is 26.1. The van der Waals surface area contributed by atoms with E-state index >= 15 is 0 Å². The molecule has 0 radical (unpaired) electrons. The average molecular weight is 284 g/mol. The van der Waals surface area contributed by atoms with Gasteiger partial charge in [0.2, 0.25) is 11.8 Å². The van der Waals surface area contributed by atoms with Crippen molar-refractivity contribution in [2.45, 2.75) is 52.5 Å². The van der Waals surface area contributed by atoms with Gasteiger partial charge < -0.3 is 15.3 Å². The maximum absolute atomic E-state index is 12.3. The molecule has 0 bridgehead atoms. The number of likely N-dealkylation sites (tertiary alicyclic amines) is 1. The van der Waals surface area contributed by atoms with E-state index in [-0.39, 0.29) is 30.3 Å². The van der Waals surface area contributed by atoms with Crippen LogP contribution in [0.3, 0.4) is 0 Å². The number of hydrogen-bond donors (Lipinski definition) is 2. The highest BCUT2D eigenvalue weighted by Gasteiger charge is 2.32. The molecule has 1 heterocycles. The molecule has 5 heteroatoms. The molecule has 0 aromatic heterocycles. The lowest BCUT2D eigenvalue weighted by Gasteiger charge is -2.35. The van der Waals surface area contributed by atoms with Crippen LogP contribution in [0.2, 0.25) is 0 Å². The van der Waals surface area contributed by atoms with E-state index in [1.54, 1.807) is 4.90 Å². The van der Waals surface area contributed by atoms with Crippen molar-refractivity contribution in [1.82, 2.24) is 10.2 Å². The molecule has 2 N–H and O–H groups in total. The largest absolute Gasteiger partial charge is 0.394 e. The average Bonchev–Trinajstić information content (AvgIpc) is 2.46. The molecule has 1 aliphatic heterocycles. The summed E-state index contributed by atoms with van der Waals surface area (Å²) < 4.78 is 0. The predicted molar refractivity (Wildman–Crippen MR) is 78.1 cm³/mol. The van der Waals surface area contributed by atoms with Crippen LogP contribution in [0.25, 0.3) is 0 Å². The summed E-state index contributed by atoms with van der Waals surface area (Å²) in [6.07, 6.45) is 2.34. The van der Waals surface area contributed by atoms with Gasteiger partial charge >= 0.3 is 0 Å². The number of amides is 2. The first-order chi connectivity index (χ1) is 9.33. The third-order valence-corrected chi connectivity index (χ3v) is 4.15. The zero-order chi connectivity index (χ0) is 15.3. The van der Waals surface area contributed by atoms with Crippen molar-refractivity contribution in [3.05, 3.63) is 0 Å². The van der Waals surface area contributed by atoms with Gasteiger partial charge in [-0.2, -0.15) is 0 Å². The molecule has 0 aromatic carbocycles. The Kier molecular flexibility index (Phi) is 5.99. The third kappa shape index (κ3) is 4.20. The van der Waals surface area contributed by atoms with Gasteiger partial charge in [0.25, 0.3) is 0 Å². The topological polar surface area (TPSA) is 69.6 Å². The molecule has 0 spiro atoms. The molecule has 2 amide bonds. The van der Waals surface area contributed by atoms with Crippen molar-refractivity contribution in [2.24, 2.45) is 11.8 Å². The minimum atomic E-state index is -0.568. The molecule has 116 valence electrons. The lowest BCUT2D eigenvalue weighted by molar-refractivity contribution is -0.138. The number of aliphatic hydroxyl groups excluding tert-OH is 1. The first kappa shape index (κ1) is 17.0. The van der Waals surface area contributed by atoms with Crippen LogP contribution in [-0.4, -0.2) is 47.1 Å². The molecule has 1 aliphatic rings. The Morgan fingerprint density at radius 3 is 2.60 bits per heavy atom. The molecule has 20 heavy (non-hydrogen) atoms. The number of nitrogens with zero attached hydrogens (tertiary/aromatic N) is 1. The zero-order valence-electron chi connectivity index (χ0n) is 13.1. The summed E-state index contributed by atoms with van der Waals surface area (Å²) >= 11 is 0. The Hall–Kier alpha value is -1.10. The van der Waals surface area contributed by atoms with Crippen LogP contribution in [0.15, 0.2) is 0 Å². The summed E-state index contributed by atoms with van der Waals surface area (Å²) in [5.41, 5.74) is -0.568. The van der Waals surface area contributed by atoms with Crippen molar-refractivity contribution in [3.8, 4) is 0 Å². The zero-order valence-corrected chi connectivity index (χ0v) is 13.1. The molecule has 1 saturated heterocycles. The fourth-order valence-electron chi connectivity index (χ4n) is 2.40. The van der Waals surface area contributed by atoms with E-state index in [9.17, 15) is 14.7 Å². The van der Waals surface area contributed by atoms with E-state index in [0.29, 0.717) is 13.0 Å². The van der Waals surface area contributed by atoms with Gasteiger partial charge in [0.1, 0.15) is 0 Å². The molecular weight excluding hydrogens is 256 g/mol. The van der Waals surface area contributed by atoms with Crippen LogP contribution in [0, 0.1) is 11.8 Å². The lowest BCUT2D eigenvalue weighted by atomic mass is 9.93. The van der Waals surface area contributed by atoms with E-state index in [2.05, 4.69) is 5.32 Å². The summed E-state index contributed by atoms with van der Waals surface area (Å²) in [6, 6.07) is 0. The Morgan fingerprint density at radius 2 is 2.10 bits per heavy atom. The quantitative estimate of drug-likeness (QED) is 0.796. The normalized spacial score (nSPS) is 22.5. The van der Waals surface area contributed by atoms with Gasteiger partial charge in [-0.05, 0) is 26.2 Å². The molecule has 2 atom stereocenters. The Balaban J connectivity index is 2.63. The smallest absolute Gasteiger partial charge is 0.225 e. The number of carbonyl (C=O) groups is 2. The molecule has 0 aliphatic carbocycles. The van der Waals surface area contributed by atoms with Crippen molar-refractivity contribution >= 4 is 11.8 Å². The van der Waals surface area contributed by atoms with Gasteiger partial charge in [-0.25, -0.2) is 0 Å². The number of hydrogen-bond acceptors (Lipinski definition) is 3. The van der Waals surface area contributed by atoms with Gasteiger partial charge in [0, 0.05) is 19.0 Å². The van der Waals surface area contributed by atoms with Crippen LogP contribution >= 0.6 is 0 Å². The summed E-state index contributed by atoms with van der Waals surface area (Å²) in [7, 11) is 0. The number of carbonyl (C=O) groups excluding carboxylic acids is 2. The van der Waals surface area contributed by atoms with Crippen LogP contribution in [0.5, 0.6) is 0 Å². The number of piperidine rings is 1. The fourth-order valence-corrected chi connectivity index (χ4v) is 2.40. The minimum Gasteiger partial charge on any atom is -0.394 e. The molecule has 0 aromatic rings. The van der Waals surface area contributed by atoms with Crippen molar-refractivity contribution in [1.29, 1.82) is 0 Å². The van der Waals surface area contributed by atoms with Crippen LogP contribution < -0.4 is 5.32 Å². The maximum atomic E-state index is 12.3. The lowest BCUT2D eigenvalue weighted by Crippen LogP contribution is -2.53. The highest BCUT2D eigenvalue weighted by atomic mass is 16.3. The minimum absolute atomic E-state index is 0.0323. The van der Waals surface area contributed by atoms with Crippen molar-refractivity contribution in [3.63, 3.8) is 0 Å². The Bertz CT molecular complexity index is 351. The van der Waals surface area contributed by atoms with Gasteiger partial charge in [-0.15, -0.1) is 0 Å². The summed E-state index contributed by atoms with van der Waals surface area (Å²) in [5.74, 6) is -0.133. The Labute approximate surface area is 121 Å². The molecule has 1 fully saturated rings. The fraction of sp³-hybridized carbons (Fsp3) is 0.867. The third-order valence-electron chi connectivity index (χ3n) is 4.15. The monoisotopic (exact) mass is 284 g/mol. The van der Waals surface area contributed by atoms with E-state index in [1.807, 2.05) is 27.7 Å². The highest BCUT2D eigenvalue weighted by Crippen LogP contribution is 2.20. The number of rotatable bonds is 5. The molecule has 0 saturated carbocycles. The standard InChI is InChI=1S/C15H28N2O3/c1-5-15(4,10-18)16-13(19)12-7-6-8-17(9-12)14(20)11(2)3/h11-12,18H,5-10H2,1-4H3,(H,16,19). The Morgan fingerprint density at radius 1 is 1.45 bits per heavy atom. The first-order valence-electron chi connectivity index (χ1n) is 7.54. The second-order valence-corrected chi connectivity index (χ2v) is 6.34. The molecule has 1 rings (SSSR count).